The molecule has 15 heavy (non-hydrogen) atoms. The molecule has 0 spiro atoms. The lowest BCUT2D eigenvalue weighted by Crippen LogP contribution is -2.14. The molecule has 0 unspecified atom stereocenters. The lowest BCUT2D eigenvalue weighted by Gasteiger charge is -2.23. The first-order valence-corrected chi connectivity index (χ1v) is 5.40. The summed E-state index contributed by atoms with van der Waals surface area (Å²) in [5.41, 5.74) is 6.46. The topological polar surface area (TPSA) is 35.2 Å². The molecule has 1 rings (SSSR count). The number of rotatable bonds is 1. The van der Waals surface area contributed by atoms with Gasteiger partial charge in [-0.15, -0.1) is 0 Å². The summed E-state index contributed by atoms with van der Waals surface area (Å²) >= 11 is 3.15. The van der Waals surface area contributed by atoms with Crippen molar-refractivity contribution in [3.8, 4) is 5.75 Å². The van der Waals surface area contributed by atoms with Crippen LogP contribution in [0.2, 0.25) is 0 Å². The molecule has 0 amide bonds. The quantitative estimate of drug-likeness (QED) is 0.797. The number of anilines is 1. The first kappa shape index (κ1) is 12.3. The molecule has 0 bridgehead atoms. The Morgan fingerprint density at radius 1 is 1.40 bits per heavy atom. The predicted molar refractivity (Wildman–Crippen MR) is 63.8 cm³/mol. The van der Waals surface area contributed by atoms with Crippen molar-refractivity contribution in [3.63, 3.8) is 0 Å². The average molecular weight is 276 g/mol. The van der Waals surface area contributed by atoms with Crippen molar-refractivity contribution in [2.45, 2.75) is 26.2 Å². The van der Waals surface area contributed by atoms with Gasteiger partial charge < -0.3 is 10.5 Å². The summed E-state index contributed by atoms with van der Waals surface area (Å²) in [5, 5.41) is 0. The zero-order valence-corrected chi connectivity index (χ0v) is 10.9. The van der Waals surface area contributed by atoms with Crippen LogP contribution in [0.1, 0.15) is 26.3 Å². The van der Waals surface area contributed by atoms with Crippen molar-refractivity contribution in [2.24, 2.45) is 0 Å². The van der Waals surface area contributed by atoms with Crippen LogP contribution in [0, 0.1) is 5.82 Å². The van der Waals surface area contributed by atoms with Crippen LogP contribution in [0.15, 0.2) is 10.5 Å². The van der Waals surface area contributed by atoms with Gasteiger partial charge in [0.25, 0.3) is 0 Å². The van der Waals surface area contributed by atoms with Crippen molar-refractivity contribution in [3.05, 3.63) is 21.9 Å². The maximum atomic E-state index is 13.5. The molecule has 0 saturated carbocycles. The third-order valence-electron chi connectivity index (χ3n) is 2.20. The monoisotopic (exact) mass is 275 g/mol. The number of benzene rings is 1. The average Bonchev–Trinajstić information content (AvgIpc) is 2.12. The Labute approximate surface area is 97.7 Å². The summed E-state index contributed by atoms with van der Waals surface area (Å²) in [6.45, 7) is 6.07. The number of hydrogen-bond donors (Lipinski definition) is 1. The van der Waals surface area contributed by atoms with E-state index in [4.69, 9.17) is 10.5 Å². The minimum atomic E-state index is -0.472. The largest absolute Gasteiger partial charge is 0.495 e. The second-order valence-corrected chi connectivity index (χ2v) is 5.22. The molecule has 1 aromatic carbocycles. The minimum absolute atomic E-state index is 0.132. The van der Waals surface area contributed by atoms with Crippen LogP contribution in [0.3, 0.4) is 0 Å². The number of hydrogen-bond acceptors (Lipinski definition) is 2. The zero-order chi connectivity index (χ0) is 11.8. The molecular weight excluding hydrogens is 261 g/mol. The molecule has 2 nitrogen and oxygen atoms in total. The molecule has 0 atom stereocenters. The van der Waals surface area contributed by atoms with E-state index in [9.17, 15) is 4.39 Å². The highest BCUT2D eigenvalue weighted by atomic mass is 79.9. The molecule has 4 heteroatoms. The fraction of sp³-hybridized carbons (Fsp3) is 0.455. The standard InChI is InChI=1S/C11H15BrFNO/c1-11(2,3)6-5-7(14)9(13)8(12)10(6)15-4/h5H,14H2,1-4H3. The van der Waals surface area contributed by atoms with Crippen molar-refractivity contribution < 1.29 is 9.13 Å². The van der Waals surface area contributed by atoms with Crippen LogP contribution < -0.4 is 10.5 Å². The van der Waals surface area contributed by atoms with E-state index >= 15 is 0 Å². The van der Waals surface area contributed by atoms with Gasteiger partial charge in [-0.3, -0.25) is 0 Å². The van der Waals surface area contributed by atoms with Crippen molar-refractivity contribution in [1.82, 2.24) is 0 Å². The third-order valence-corrected chi connectivity index (χ3v) is 2.91. The van der Waals surface area contributed by atoms with E-state index in [1.165, 1.54) is 7.11 Å². The van der Waals surface area contributed by atoms with Crippen LogP contribution in [0.25, 0.3) is 0 Å². The van der Waals surface area contributed by atoms with Gasteiger partial charge in [0.1, 0.15) is 5.75 Å². The van der Waals surface area contributed by atoms with Crippen LogP contribution in [0.5, 0.6) is 5.75 Å². The Morgan fingerprint density at radius 2 is 1.93 bits per heavy atom. The molecule has 0 aliphatic carbocycles. The molecule has 0 aliphatic heterocycles. The van der Waals surface area contributed by atoms with Crippen LogP contribution in [-0.2, 0) is 5.41 Å². The second kappa shape index (κ2) is 4.00. The molecule has 1 aromatic rings. The van der Waals surface area contributed by atoms with Gasteiger partial charge in [-0.25, -0.2) is 4.39 Å². The predicted octanol–water partition coefficient (Wildman–Crippen LogP) is 3.48. The van der Waals surface area contributed by atoms with Gasteiger partial charge in [0, 0.05) is 5.56 Å². The number of ether oxygens (including phenoxy) is 1. The van der Waals surface area contributed by atoms with Crippen LogP contribution in [0.4, 0.5) is 10.1 Å². The fourth-order valence-electron chi connectivity index (χ4n) is 1.39. The SMILES string of the molecule is COc1c(C(C)(C)C)cc(N)c(F)c1Br. The number of halogens is 2. The molecule has 84 valence electrons. The Balaban J connectivity index is 3.53. The normalized spacial score (nSPS) is 11.6. The van der Waals surface area contributed by atoms with E-state index in [-0.39, 0.29) is 15.6 Å². The van der Waals surface area contributed by atoms with E-state index in [2.05, 4.69) is 15.9 Å². The molecule has 0 fully saturated rings. The summed E-state index contributed by atoms with van der Waals surface area (Å²) in [4.78, 5) is 0. The number of methoxy groups -OCH3 is 1. The Morgan fingerprint density at radius 3 is 2.33 bits per heavy atom. The van der Waals surface area contributed by atoms with Gasteiger partial charge in [-0.1, -0.05) is 20.8 Å². The molecule has 0 radical (unpaired) electrons. The first-order chi connectivity index (χ1) is 6.79. The van der Waals surface area contributed by atoms with Gasteiger partial charge in [0.15, 0.2) is 5.82 Å². The smallest absolute Gasteiger partial charge is 0.164 e. The number of nitrogens with two attached hydrogens (primary N) is 1. The highest BCUT2D eigenvalue weighted by Crippen LogP contribution is 2.40. The summed E-state index contributed by atoms with van der Waals surface area (Å²) < 4.78 is 19.0. The molecule has 0 saturated heterocycles. The zero-order valence-electron chi connectivity index (χ0n) is 9.32. The maximum Gasteiger partial charge on any atom is 0.164 e. The molecule has 2 N–H and O–H groups in total. The lowest BCUT2D eigenvalue weighted by molar-refractivity contribution is 0.391. The molecular formula is C11H15BrFNO. The molecule has 0 aromatic heterocycles. The van der Waals surface area contributed by atoms with E-state index < -0.39 is 5.82 Å². The highest BCUT2D eigenvalue weighted by molar-refractivity contribution is 9.10. The summed E-state index contributed by atoms with van der Waals surface area (Å²) in [5.74, 6) is 0.0362. The Kier molecular flexibility index (Phi) is 3.28. The maximum absolute atomic E-state index is 13.5. The second-order valence-electron chi connectivity index (χ2n) is 4.42. The van der Waals surface area contributed by atoms with Crippen molar-refractivity contribution in [1.29, 1.82) is 0 Å². The van der Waals surface area contributed by atoms with Gasteiger partial charge in [0.2, 0.25) is 0 Å². The van der Waals surface area contributed by atoms with Crippen LogP contribution >= 0.6 is 15.9 Å². The van der Waals surface area contributed by atoms with Gasteiger partial charge in [-0.2, -0.15) is 0 Å². The van der Waals surface area contributed by atoms with E-state index in [0.29, 0.717) is 5.75 Å². The lowest BCUT2D eigenvalue weighted by atomic mass is 9.86. The van der Waals surface area contributed by atoms with Crippen molar-refractivity contribution in [2.75, 3.05) is 12.8 Å². The minimum Gasteiger partial charge on any atom is -0.495 e. The Bertz CT molecular complexity index is 385. The van der Waals surface area contributed by atoms with Gasteiger partial charge in [-0.05, 0) is 27.4 Å². The fourth-order valence-corrected chi connectivity index (χ4v) is 1.99. The summed E-state index contributed by atoms with van der Waals surface area (Å²) in [6, 6.07) is 1.62. The van der Waals surface area contributed by atoms with Crippen LogP contribution in [-0.4, -0.2) is 7.11 Å². The van der Waals surface area contributed by atoms with E-state index in [1.54, 1.807) is 6.07 Å². The number of nitrogen functional groups attached to an aromatic ring is 1. The Hall–Kier alpha value is -0.770. The first-order valence-electron chi connectivity index (χ1n) is 4.61. The van der Waals surface area contributed by atoms with Crippen molar-refractivity contribution >= 4 is 21.6 Å². The van der Waals surface area contributed by atoms with E-state index in [1.807, 2.05) is 20.8 Å². The summed E-state index contributed by atoms with van der Waals surface area (Å²) in [6.07, 6.45) is 0. The summed E-state index contributed by atoms with van der Waals surface area (Å²) in [7, 11) is 1.52. The molecule has 0 heterocycles. The van der Waals surface area contributed by atoms with E-state index in [0.717, 1.165) is 5.56 Å². The van der Waals surface area contributed by atoms with Gasteiger partial charge >= 0.3 is 0 Å². The third kappa shape index (κ3) is 2.25. The highest BCUT2D eigenvalue weighted by Gasteiger charge is 2.24. The molecule has 0 aliphatic rings. The van der Waals surface area contributed by atoms with Gasteiger partial charge in [0.05, 0.1) is 17.3 Å².